The van der Waals surface area contributed by atoms with E-state index in [2.05, 4.69) is 15.7 Å². The van der Waals surface area contributed by atoms with Crippen molar-refractivity contribution in [2.24, 2.45) is 22.0 Å². The van der Waals surface area contributed by atoms with Crippen LogP contribution in [0.2, 0.25) is 0 Å². The third-order valence-electron chi connectivity index (χ3n) is 2.03. The highest BCUT2D eigenvalue weighted by Gasteiger charge is 2.24. The first-order valence-corrected chi connectivity index (χ1v) is 4.98. The normalized spacial score (nSPS) is 12.4. The Morgan fingerprint density at radius 3 is 2.56 bits per heavy atom. The Balaban J connectivity index is 4.20. The van der Waals surface area contributed by atoms with E-state index in [-0.39, 0.29) is 6.54 Å². The molecule has 0 radical (unpaired) electrons. The Labute approximate surface area is 95.6 Å². The molecule has 0 bridgehead atoms. The van der Waals surface area contributed by atoms with Crippen molar-refractivity contribution in [3.63, 3.8) is 0 Å². The lowest BCUT2D eigenvalue weighted by atomic mass is 9.93. The SMILES string of the molecule is COCCNC(=NCC(C)(C)C(N)=O)NN. The smallest absolute Gasteiger partial charge is 0.224 e. The molecule has 0 saturated heterocycles. The number of methoxy groups -OCH3 is 1. The lowest BCUT2D eigenvalue weighted by Gasteiger charge is -2.18. The molecule has 7 nitrogen and oxygen atoms in total. The van der Waals surface area contributed by atoms with Gasteiger partial charge in [0.15, 0.2) is 0 Å². The number of aliphatic imine (C=N–C) groups is 1. The Morgan fingerprint density at radius 2 is 2.12 bits per heavy atom. The Kier molecular flexibility index (Phi) is 6.43. The van der Waals surface area contributed by atoms with Crippen molar-refractivity contribution in [3.05, 3.63) is 0 Å². The Bertz CT molecular complexity index is 252. The second-order valence-corrected chi connectivity index (χ2v) is 3.98. The van der Waals surface area contributed by atoms with E-state index >= 15 is 0 Å². The first-order chi connectivity index (χ1) is 7.44. The highest BCUT2D eigenvalue weighted by Crippen LogP contribution is 2.13. The number of hydrogen-bond acceptors (Lipinski definition) is 4. The molecule has 0 aromatic rings. The number of hydrogen-bond donors (Lipinski definition) is 4. The third-order valence-corrected chi connectivity index (χ3v) is 2.03. The average Bonchev–Trinajstić information content (AvgIpc) is 2.23. The molecule has 16 heavy (non-hydrogen) atoms. The predicted molar refractivity (Wildman–Crippen MR) is 62.5 cm³/mol. The number of amides is 1. The highest BCUT2D eigenvalue weighted by atomic mass is 16.5. The molecule has 6 N–H and O–H groups in total. The zero-order valence-corrected chi connectivity index (χ0v) is 10.0. The van der Waals surface area contributed by atoms with Crippen LogP contribution in [0.1, 0.15) is 13.8 Å². The molecule has 0 saturated carbocycles. The van der Waals surface area contributed by atoms with E-state index in [1.165, 1.54) is 0 Å². The summed E-state index contributed by atoms with van der Waals surface area (Å²) in [5, 5.41) is 2.92. The molecule has 0 heterocycles. The van der Waals surface area contributed by atoms with Crippen molar-refractivity contribution in [2.75, 3.05) is 26.8 Å². The summed E-state index contributed by atoms with van der Waals surface area (Å²) in [6.07, 6.45) is 0. The molecule has 1 amide bonds. The quantitative estimate of drug-likeness (QED) is 0.147. The number of nitrogens with one attached hydrogen (secondary N) is 2. The van der Waals surface area contributed by atoms with Gasteiger partial charge in [-0.1, -0.05) is 0 Å². The van der Waals surface area contributed by atoms with Crippen LogP contribution in [-0.2, 0) is 9.53 Å². The van der Waals surface area contributed by atoms with Gasteiger partial charge in [0.2, 0.25) is 11.9 Å². The fraction of sp³-hybridized carbons (Fsp3) is 0.778. The molecule has 0 rings (SSSR count). The van der Waals surface area contributed by atoms with E-state index in [9.17, 15) is 4.79 Å². The molecule has 7 heteroatoms. The van der Waals surface area contributed by atoms with Crippen LogP contribution in [0.25, 0.3) is 0 Å². The van der Waals surface area contributed by atoms with Crippen LogP contribution in [0.3, 0.4) is 0 Å². The van der Waals surface area contributed by atoms with Crippen LogP contribution in [0.4, 0.5) is 0 Å². The molecular formula is C9H21N5O2. The monoisotopic (exact) mass is 231 g/mol. The maximum Gasteiger partial charge on any atom is 0.224 e. The van der Waals surface area contributed by atoms with Gasteiger partial charge in [-0.25, -0.2) is 5.84 Å². The van der Waals surface area contributed by atoms with Gasteiger partial charge in [0.1, 0.15) is 0 Å². The Hall–Kier alpha value is -1.34. The largest absolute Gasteiger partial charge is 0.383 e. The van der Waals surface area contributed by atoms with Crippen LogP contribution in [0, 0.1) is 5.41 Å². The number of primary amides is 1. The van der Waals surface area contributed by atoms with E-state index in [1.54, 1.807) is 21.0 Å². The molecule has 0 aliphatic rings. The van der Waals surface area contributed by atoms with Crippen molar-refractivity contribution in [2.45, 2.75) is 13.8 Å². The fourth-order valence-corrected chi connectivity index (χ4v) is 0.779. The molecule has 0 aromatic heterocycles. The van der Waals surface area contributed by atoms with Gasteiger partial charge in [0.25, 0.3) is 0 Å². The van der Waals surface area contributed by atoms with Crippen molar-refractivity contribution in [1.29, 1.82) is 0 Å². The molecule has 0 aliphatic carbocycles. The van der Waals surface area contributed by atoms with Crippen molar-refractivity contribution >= 4 is 11.9 Å². The molecule has 0 aliphatic heterocycles. The summed E-state index contributed by atoms with van der Waals surface area (Å²) in [7, 11) is 1.60. The number of hydrazine groups is 1. The summed E-state index contributed by atoms with van der Waals surface area (Å²) in [6.45, 7) is 4.84. The van der Waals surface area contributed by atoms with E-state index in [1.807, 2.05) is 0 Å². The summed E-state index contributed by atoms with van der Waals surface area (Å²) in [6, 6.07) is 0. The van der Waals surface area contributed by atoms with Crippen LogP contribution in [0.15, 0.2) is 4.99 Å². The van der Waals surface area contributed by atoms with Crippen LogP contribution < -0.4 is 22.3 Å². The average molecular weight is 231 g/mol. The summed E-state index contributed by atoms with van der Waals surface area (Å²) in [5.74, 6) is 5.27. The van der Waals surface area contributed by atoms with Crippen LogP contribution in [-0.4, -0.2) is 38.7 Å². The topological polar surface area (TPSA) is 115 Å². The molecule has 0 aromatic carbocycles. The van der Waals surface area contributed by atoms with E-state index in [0.717, 1.165) is 0 Å². The maximum atomic E-state index is 11.0. The van der Waals surface area contributed by atoms with Gasteiger partial charge in [-0.2, -0.15) is 0 Å². The minimum absolute atomic E-state index is 0.266. The molecule has 0 fully saturated rings. The predicted octanol–water partition coefficient (Wildman–Crippen LogP) is -1.45. The summed E-state index contributed by atoms with van der Waals surface area (Å²) >= 11 is 0. The molecule has 0 atom stereocenters. The zero-order chi connectivity index (χ0) is 12.6. The van der Waals surface area contributed by atoms with E-state index in [0.29, 0.717) is 19.1 Å². The van der Waals surface area contributed by atoms with Crippen molar-refractivity contribution in [3.8, 4) is 0 Å². The minimum atomic E-state index is -0.689. The number of rotatable bonds is 6. The molecule has 0 unspecified atom stereocenters. The number of guanidine groups is 1. The van der Waals surface area contributed by atoms with Gasteiger partial charge >= 0.3 is 0 Å². The number of carbonyl (C=O) groups is 1. The van der Waals surface area contributed by atoms with Crippen molar-refractivity contribution in [1.82, 2.24) is 10.7 Å². The number of carbonyl (C=O) groups excluding carboxylic acids is 1. The summed E-state index contributed by atoms with van der Waals surface area (Å²) in [5.41, 5.74) is 6.93. The first-order valence-electron chi connectivity index (χ1n) is 4.98. The minimum Gasteiger partial charge on any atom is -0.383 e. The number of ether oxygens (including phenoxy) is 1. The first kappa shape index (κ1) is 14.7. The van der Waals surface area contributed by atoms with Crippen molar-refractivity contribution < 1.29 is 9.53 Å². The van der Waals surface area contributed by atoms with Gasteiger partial charge < -0.3 is 15.8 Å². The van der Waals surface area contributed by atoms with Gasteiger partial charge in [-0.3, -0.25) is 15.2 Å². The standard InChI is InChI=1S/C9H21N5O2/c1-9(2,7(10)15)6-13-8(14-11)12-4-5-16-3/h4-6,11H2,1-3H3,(H2,10,15)(H2,12,13,14). The summed E-state index contributed by atoms with van der Waals surface area (Å²) < 4.78 is 4.86. The lowest BCUT2D eigenvalue weighted by Crippen LogP contribution is -2.44. The maximum absolute atomic E-state index is 11.0. The fourth-order valence-electron chi connectivity index (χ4n) is 0.779. The van der Waals surface area contributed by atoms with Crippen LogP contribution >= 0.6 is 0 Å². The molecular weight excluding hydrogens is 210 g/mol. The van der Waals surface area contributed by atoms with Gasteiger partial charge in [-0.15, -0.1) is 0 Å². The summed E-state index contributed by atoms with van der Waals surface area (Å²) in [4.78, 5) is 15.2. The third kappa shape index (κ3) is 5.52. The lowest BCUT2D eigenvalue weighted by molar-refractivity contribution is -0.125. The van der Waals surface area contributed by atoms with Gasteiger partial charge in [0, 0.05) is 13.7 Å². The number of nitrogens with two attached hydrogens (primary N) is 2. The van der Waals surface area contributed by atoms with E-state index < -0.39 is 11.3 Å². The zero-order valence-electron chi connectivity index (χ0n) is 10.0. The number of nitrogens with zero attached hydrogens (tertiary/aromatic N) is 1. The van der Waals surface area contributed by atoms with Gasteiger partial charge in [0.05, 0.1) is 18.6 Å². The second-order valence-electron chi connectivity index (χ2n) is 3.98. The second kappa shape index (κ2) is 7.02. The Morgan fingerprint density at radius 1 is 1.50 bits per heavy atom. The van der Waals surface area contributed by atoms with Gasteiger partial charge in [-0.05, 0) is 13.8 Å². The van der Waals surface area contributed by atoms with Crippen LogP contribution in [0.5, 0.6) is 0 Å². The molecule has 94 valence electrons. The highest BCUT2D eigenvalue weighted by molar-refractivity contribution is 5.82. The van der Waals surface area contributed by atoms with E-state index in [4.69, 9.17) is 16.3 Å². The molecule has 0 spiro atoms.